The van der Waals surface area contributed by atoms with Crippen molar-refractivity contribution < 1.29 is 9.53 Å². The van der Waals surface area contributed by atoms with E-state index in [1.807, 2.05) is 0 Å². The van der Waals surface area contributed by atoms with Gasteiger partial charge in [-0.15, -0.1) is 0 Å². The zero-order valence-electron chi connectivity index (χ0n) is 15.5. The highest BCUT2D eigenvalue weighted by molar-refractivity contribution is 6.32. The van der Waals surface area contributed by atoms with Crippen LogP contribution >= 0.6 is 11.6 Å². The third kappa shape index (κ3) is 2.96. The number of fused-ring (bicyclic) bond motifs is 1. The molecule has 3 rings (SSSR count). The molecule has 0 saturated heterocycles. The highest BCUT2D eigenvalue weighted by Crippen LogP contribution is 2.24. The molecule has 7 heteroatoms. The van der Waals surface area contributed by atoms with Crippen molar-refractivity contribution in [2.45, 2.75) is 20.8 Å². The molecular formula is C20H19ClN2O4. The molecule has 0 aliphatic rings. The first kappa shape index (κ1) is 18.9. The van der Waals surface area contributed by atoms with E-state index in [1.54, 1.807) is 58.2 Å². The Morgan fingerprint density at radius 3 is 2.48 bits per heavy atom. The fourth-order valence-corrected chi connectivity index (χ4v) is 3.53. The number of aryl methyl sites for hydroxylation is 3. The van der Waals surface area contributed by atoms with Crippen LogP contribution in [-0.4, -0.2) is 21.7 Å². The predicted octanol–water partition coefficient (Wildman–Crippen LogP) is 3.14. The topological polar surface area (TPSA) is 70.3 Å². The maximum Gasteiger partial charge on any atom is 0.338 e. The van der Waals surface area contributed by atoms with Crippen LogP contribution in [0.4, 0.5) is 0 Å². The molecule has 0 saturated carbocycles. The Morgan fingerprint density at radius 2 is 1.85 bits per heavy atom. The van der Waals surface area contributed by atoms with E-state index in [0.29, 0.717) is 27.9 Å². The lowest BCUT2D eigenvalue weighted by Crippen LogP contribution is -2.38. The van der Waals surface area contributed by atoms with Gasteiger partial charge in [0, 0.05) is 7.05 Å². The normalized spacial score (nSPS) is 11.0. The van der Waals surface area contributed by atoms with Crippen molar-refractivity contribution in [3.8, 4) is 5.69 Å². The van der Waals surface area contributed by atoms with E-state index in [4.69, 9.17) is 16.3 Å². The highest BCUT2D eigenvalue weighted by atomic mass is 35.5. The number of carbonyl (C=O) groups excluding carboxylic acids is 1. The molecule has 0 unspecified atom stereocenters. The zero-order valence-corrected chi connectivity index (χ0v) is 16.3. The molecule has 0 radical (unpaired) electrons. The van der Waals surface area contributed by atoms with E-state index < -0.39 is 17.2 Å². The monoisotopic (exact) mass is 386 g/mol. The van der Waals surface area contributed by atoms with Gasteiger partial charge >= 0.3 is 11.7 Å². The van der Waals surface area contributed by atoms with Gasteiger partial charge in [-0.1, -0.05) is 23.7 Å². The molecule has 3 aromatic rings. The van der Waals surface area contributed by atoms with Crippen LogP contribution in [0.2, 0.25) is 5.02 Å². The Kier molecular flexibility index (Phi) is 4.93. The maximum absolute atomic E-state index is 13.3. The number of halogens is 1. The fraction of sp³-hybridized carbons (Fsp3) is 0.250. The van der Waals surface area contributed by atoms with Gasteiger partial charge in [0.05, 0.1) is 33.8 Å². The smallest absolute Gasteiger partial charge is 0.338 e. The van der Waals surface area contributed by atoms with E-state index in [0.717, 1.165) is 4.57 Å². The molecule has 140 valence electrons. The zero-order chi connectivity index (χ0) is 19.9. The van der Waals surface area contributed by atoms with Crippen molar-refractivity contribution in [2.75, 3.05) is 6.61 Å². The Labute approximate surface area is 160 Å². The van der Waals surface area contributed by atoms with E-state index in [2.05, 4.69) is 0 Å². The molecule has 6 nitrogen and oxygen atoms in total. The highest BCUT2D eigenvalue weighted by Gasteiger charge is 2.22. The second kappa shape index (κ2) is 7.04. The molecule has 0 fully saturated rings. The summed E-state index contributed by atoms with van der Waals surface area (Å²) in [6, 6.07) is 8.29. The van der Waals surface area contributed by atoms with Crippen molar-refractivity contribution in [1.29, 1.82) is 0 Å². The van der Waals surface area contributed by atoms with Crippen LogP contribution in [0.3, 0.4) is 0 Å². The van der Waals surface area contributed by atoms with Crippen LogP contribution in [-0.2, 0) is 11.8 Å². The average Bonchev–Trinajstić information content (AvgIpc) is 2.61. The van der Waals surface area contributed by atoms with Gasteiger partial charge in [0.25, 0.3) is 5.56 Å². The number of nitrogens with zero attached hydrogens (tertiary/aromatic N) is 2. The first-order chi connectivity index (χ1) is 12.8. The van der Waals surface area contributed by atoms with Crippen molar-refractivity contribution in [3.63, 3.8) is 0 Å². The van der Waals surface area contributed by atoms with Crippen LogP contribution in [0.1, 0.15) is 28.4 Å². The van der Waals surface area contributed by atoms with E-state index in [1.165, 1.54) is 4.57 Å². The molecule has 27 heavy (non-hydrogen) atoms. The van der Waals surface area contributed by atoms with Gasteiger partial charge in [-0.3, -0.25) is 9.36 Å². The minimum atomic E-state index is -0.524. The number of hydrogen-bond acceptors (Lipinski definition) is 4. The molecule has 1 aromatic heterocycles. The molecule has 1 heterocycles. The molecule has 0 atom stereocenters. The minimum Gasteiger partial charge on any atom is -0.462 e. The van der Waals surface area contributed by atoms with Gasteiger partial charge in [0.2, 0.25) is 0 Å². The third-order valence-electron chi connectivity index (χ3n) is 4.58. The molecule has 0 aliphatic heterocycles. The lowest BCUT2D eigenvalue weighted by Gasteiger charge is -2.16. The lowest BCUT2D eigenvalue weighted by atomic mass is 9.98. The number of carbonyl (C=O) groups is 1. The van der Waals surface area contributed by atoms with Crippen molar-refractivity contribution >= 4 is 28.5 Å². The van der Waals surface area contributed by atoms with Gasteiger partial charge in [0.15, 0.2) is 0 Å². The summed E-state index contributed by atoms with van der Waals surface area (Å²) in [7, 11) is 1.58. The van der Waals surface area contributed by atoms with E-state index in [-0.39, 0.29) is 17.0 Å². The quantitative estimate of drug-likeness (QED) is 0.648. The number of ether oxygens (including phenoxy) is 1. The number of esters is 1. The molecule has 0 spiro atoms. The number of hydrogen-bond donors (Lipinski definition) is 0. The van der Waals surface area contributed by atoms with E-state index >= 15 is 0 Å². The Balaban J connectivity index is 2.50. The summed E-state index contributed by atoms with van der Waals surface area (Å²) in [5, 5.41) is 0.567. The summed E-state index contributed by atoms with van der Waals surface area (Å²) in [6.07, 6.45) is 0. The maximum atomic E-state index is 13.3. The lowest BCUT2D eigenvalue weighted by molar-refractivity contribution is 0.0525. The second-order valence-electron chi connectivity index (χ2n) is 6.24. The van der Waals surface area contributed by atoms with Gasteiger partial charge in [0.1, 0.15) is 0 Å². The number of aromatic nitrogens is 2. The number of benzene rings is 2. The first-order valence-electron chi connectivity index (χ1n) is 8.47. The second-order valence-corrected chi connectivity index (χ2v) is 6.65. The van der Waals surface area contributed by atoms with Crippen LogP contribution < -0.4 is 11.2 Å². The molecule has 0 amide bonds. The molecule has 0 N–H and O–H groups in total. The van der Waals surface area contributed by atoms with Crippen molar-refractivity contribution in [2.24, 2.45) is 7.05 Å². The third-order valence-corrected chi connectivity index (χ3v) is 4.90. The van der Waals surface area contributed by atoms with Crippen LogP contribution in [0.25, 0.3) is 16.6 Å². The Hall–Kier alpha value is -2.86. The first-order valence-corrected chi connectivity index (χ1v) is 8.85. The van der Waals surface area contributed by atoms with Gasteiger partial charge in [-0.2, -0.15) is 0 Å². The van der Waals surface area contributed by atoms with Crippen molar-refractivity contribution in [1.82, 2.24) is 9.13 Å². The number of para-hydroxylation sites is 1. The molecule has 0 aliphatic carbocycles. The molecule has 2 aromatic carbocycles. The van der Waals surface area contributed by atoms with E-state index in [9.17, 15) is 14.4 Å². The largest absolute Gasteiger partial charge is 0.462 e. The average molecular weight is 387 g/mol. The SMILES string of the molecule is CCOC(=O)c1c(C)cc2c(c1C)c(=O)n(-c1ccccc1Cl)c(=O)n2C. The summed E-state index contributed by atoms with van der Waals surface area (Å²) in [5.41, 5.74) is 1.17. The summed E-state index contributed by atoms with van der Waals surface area (Å²) >= 11 is 6.21. The molecule has 0 bridgehead atoms. The summed E-state index contributed by atoms with van der Waals surface area (Å²) < 4.78 is 7.54. The Morgan fingerprint density at radius 1 is 1.19 bits per heavy atom. The van der Waals surface area contributed by atoms with Gasteiger partial charge < -0.3 is 4.74 Å². The standard InChI is InChI=1S/C20H19ClN2O4/c1-5-27-19(25)16-11(2)10-15-17(12(16)3)18(24)23(20(26)22(15)4)14-9-7-6-8-13(14)21/h6-10H,5H2,1-4H3. The fourth-order valence-electron chi connectivity index (χ4n) is 3.31. The Bertz CT molecular complexity index is 1190. The van der Waals surface area contributed by atoms with Crippen molar-refractivity contribution in [3.05, 3.63) is 72.9 Å². The number of rotatable bonds is 3. The summed E-state index contributed by atoms with van der Waals surface area (Å²) in [6.45, 7) is 5.39. The van der Waals surface area contributed by atoms with Gasteiger partial charge in [-0.25, -0.2) is 14.2 Å². The summed E-state index contributed by atoms with van der Waals surface area (Å²) in [4.78, 5) is 38.5. The van der Waals surface area contributed by atoms with Crippen LogP contribution in [0, 0.1) is 13.8 Å². The summed E-state index contributed by atoms with van der Waals surface area (Å²) in [5.74, 6) is -0.494. The molecular weight excluding hydrogens is 368 g/mol. The predicted molar refractivity (Wildman–Crippen MR) is 105 cm³/mol. The van der Waals surface area contributed by atoms with Crippen LogP contribution in [0.15, 0.2) is 39.9 Å². The van der Waals surface area contributed by atoms with Gasteiger partial charge in [-0.05, 0) is 50.1 Å². The minimum absolute atomic E-state index is 0.229. The van der Waals surface area contributed by atoms with Crippen LogP contribution in [0.5, 0.6) is 0 Å².